The maximum absolute atomic E-state index is 15.1. The van der Waals surface area contributed by atoms with E-state index in [1.54, 1.807) is 49.1 Å². The van der Waals surface area contributed by atoms with E-state index in [4.69, 9.17) is 0 Å². The summed E-state index contributed by atoms with van der Waals surface area (Å²) in [5, 5.41) is 3.71. The molecule has 0 aliphatic heterocycles. The summed E-state index contributed by atoms with van der Waals surface area (Å²) in [6, 6.07) is 10.2. The molecule has 0 spiro atoms. The molecule has 7 nitrogen and oxygen atoms in total. The number of hydrogen-bond donors (Lipinski definition) is 1. The van der Waals surface area contributed by atoms with Crippen LogP contribution in [-0.2, 0) is 6.54 Å². The van der Waals surface area contributed by atoms with E-state index in [9.17, 15) is 4.39 Å². The van der Waals surface area contributed by atoms with Gasteiger partial charge in [-0.15, -0.1) is 0 Å². The second-order valence-corrected chi connectivity index (χ2v) is 7.36. The monoisotopic (exact) mass is 441 g/mol. The predicted molar refractivity (Wildman–Crippen MR) is 120 cm³/mol. The van der Waals surface area contributed by atoms with E-state index in [2.05, 4.69) is 35.2 Å². The maximum Gasteiger partial charge on any atom is 0.193 e. The lowest BCUT2D eigenvalue weighted by Gasteiger charge is -2.10. The van der Waals surface area contributed by atoms with Crippen LogP contribution in [0.15, 0.2) is 67.5 Å². The lowest BCUT2D eigenvalue weighted by Crippen LogP contribution is -2.07. The lowest BCUT2D eigenvalue weighted by molar-refractivity contribution is 0.618. The van der Waals surface area contributed by atoms with Crippen molar-refractivity contribution in [3.63, 3.8) is 0 Å². The summed E-state index contributed by atoms with van der Waals surface area (Å²) in [5.41, 5.74) is 3.31. The number of aryl methyl sites for hydroxylation is 1. The van der Waals surface area contributed by atoms with E-state index in [0.717, 1.165) is 11.1 Å². The molecule has 0 saturated heterocycles. The third-order valence-corrected chi connectivity index (χ3v) is 5.05. The van der Waals surface area contributed by atoms with Gasteiger partial charge in [0, 0.05) is 41.8 Å². The minimum absolute atomic E-state index is 0.0117. The van der Waals surface area contributed by atoms with Crippen LogP contribution < -0.4 is 5.32 Å². The van der Waals surface area contributed by atoms with E-state index in [1.165, 1.54) is 12.4 Å². The van der Waals surface area contributed by atoms with Crippen LogP contribution in [0, 0.1) is 18.6 Å². The predicted octanol–water partition coefficient (Wildman–Crippen LogP) is 4.74. The van der Waals surface area contributed by atoms with Crippen molar-refractivity contribution in [2.75, 3.05) is 5.32 Å². The molecular formula is C24H17F2N7. The molecule has 0 atom stereocenters. The van der Waals surface area contributed by atoms with E-state index < -0.39 is 11.6 Å². The van der Waals surface area contributed by atoms with Gasteiger partial charge >= 0.3 is 0 Å². The first-order valence-corrected chi connectivity index (χ1v) is 10.1. The zero-order valence-electron chi connectivity index (χ0n) is 17.5. The zero-order chi connectivity index (χ0) is 22.8. The number of aromatic nitrogens is 6. The SMILES string of the molecule is Cc1cc(-c2ncc(CNc3ncnc(-c4cc5cccnc5cn4)c3F)cc2F)ccn1. The molecule has 33 heavy (non-hydrogen) atoms. The fourth-order valence-electron chi connectivity index (χ4n) is 3.44. The Balaban J connectivity index is 1.37. The highest BCUT2D eigenvalue weighted by Gasteiger charge is 2.15. The largest absolute Gasteiger partial charge is 0.363 e. The Bertz CT molecular complexity index is 1470. The highest BCUT2D eigenvalue weighted by Crippen LogP contribution is 2.25. The van der Waals surface area contributed by atoms with Crippen LogP contribution in [0.2, 0.25) is 0 Å². The van der Waals surface area contributed by atoms with Crippen molar-refractivity contribution in [1.82, 2.24) is 29.9 Å². The van der Waals surface area contributed by atoms with Crippen molar-refractivity contribution in [1.29, 1.82) is 0 Å². The van der Waals surface area contributed by atoms with E-state index in [0.29, 0.717) is 22.3 Å². The normalized spacial score (nSPS) is 11.0. The Hall–Kier alpha value is -4.40. The molecule has 9 heteroatoms. The van der Waals surface area contributed by atoms with Crippen molar-refractivity contribution in [3.05, 3.63) is 90.4 Å². The van der Waals surface area contributed by atoms with Crippen LogP contribution in [0.1, 0.15) is 11.3 Å². The van der Waals surface area contributed by atoms with Crippen LogP contribution in [0.5, 0.6) is 0 Å². The molecule has 162 valence electrons. The first-order chi connectivity index (χ1) is 16.1. The molecule has 0 aliphatic carbocycles. The number of anilines is 1. The van der Waals surface area contributed by atoms with Gasteiger partial charge in [0.15, 0.2) is 11.6 Å². The van der Waals surface area contributed by atoms with Gasteiger partial charge in [-0.2, -0.15) is 0 Å². The van der Waals surface area contributed by atoms with Crippen LogP contribution in [0.25, 0.3) is 33.5 Å². The van der Waals surface area contributed by atoms with Crippen molar-refractivity contribution in [3.8, 4) is 22.6 Å². The Morgan fingerprint density at radius 2 is 1.76 bits per heavy atom. The van der Waals surface area contributed by atoms with Gasteiger partial charge in [0.25, 0.3) is 0 Å². The molecule has 1 N–H and O–H groups in total. The first-order valence-electron chi connectivity index (χ1n) is 10.1. The van der Waals surface area contributed by atoms with Gasteiger partial charge in [-0.3, -0.25) is 19.9 Å². The van der Waals surface area contributed by atoms with E-state index in [1.807, 2.05) is 13.0 Å². The average molecular weight is 441 g/mol. The van der Waals surface area contributed by atoms with Gasteiger partial charge in [-0.05, 0) is 42.8 Å². The zero-order valence-corrected chi connectivity index (χ0v) is 17.5. The second-order valence-electron chi connectivity index (χ2n) is 7.36. The maximum atomic E-state index is 15.1. The molecule has 0 amide bonds. The Kier molecular flexibility index (Phi) is 5.35. The number of rotatable bonds is 5. The molecule has 5 heterocycles. The van der Waals surface area contributed by atoms with Gasteiger partial charge in [0.05, 0.1) is 17.4 Å². The third kappa shape index (κ3) is 4.20. The van der Waals surface area contributed by atoms with E-state index >= 15 is 4.39 Å². The van der Waals surface area contributed by atoms with Crippen LogP contribution in [-0.4, -0.2) is 29.9 Å². The topological polar surface area (TPSA) is 89.4 Å². The van der Waals surface area contributed by atoms with E-state index in [-0.39, 0.29) is 23.8 Å². The van der Waals surface area contributed by atoms with Crippen molar-refractivity contribution in [2.24, 2.45) is 0 Å². The summed E-state index contributed by atoms with van der Waals surface area (Å²) in [6.45, 7) is 1.95. The van der Waals surface area contributed by atoms with Crippen LogP contribution >= 0.6 is 0 Å². The summed E-state index contributed by atoms with van der Waals surface area (Å²) in [5.74, 6) is -1.13. The summed E-state index contributed by atoms with van der Waals surface area (Å²) in [6.07, 6.45) is 7.64. The molecule has 0 bridgehead atoms. The molecule has 0 aliphatic rings. The van der Waals surface area contributed by atoms with Crippen LogP contribution in [0.4, 0.5) is 14.6 Å². The molecule has 5 aromatic heterocycles. The van der Waals surface area contributed by atoms with Gasteiger partial charge < -0.3 is 5.32 Å². The second kappa shape index (κ2) is 8.62. The number of nitrogens with one attached hydrogen (secondary N) is 1. The van der Waals surface area contributed by atoms with Gasteiger partial charge in [-0.1, -0.05) is 6.07 Å². The summed E-state index contributed by atoms with van der Waals surface area (Å²) in [4.78, 5) is 24.9. The molecule has 0 saturated carbocycles. The summed E-state index contributed by atoms with van der Waals surface area (Å²) >= 11 is 0. The number of nitrogens with zero attached hydrogens (tertiary/aromatic N) is 6. The summed E-state index contributed by atoms with van der Waals surface area (Å²) in [7, 11) is 0. The standard InChI is InChI=1S/C24H17F2N7/c1-14-7-17(4-6-27-14)22-18(25)8-15(10-30-22)11-31-24-21(26)23(32-13-33-24)19-9-16-3-2-5-28-20(16)12-29-19/h2-10,12-13H,11H2,1H3,(H,31,32,33). The fraction of sp³-hybridized carbons (Fsp3) is 0.0833. The van der Waals surface area contributed by atoms with Gasteiger partial charge in [0.1, 0.15) is 23.5 Å². The quantitative estimate of drug-likeness (QED) is 0.421. The lowest BCUT2D eigenvalue weighted by atomic mass is 10.1. The first kappa shape index (κ1) is 20.5. The molecular weight excluding hydrogens is 424 g/mol. The van der Waals surface area contributed by atoms with Crippen molar-refractivity contribution in [2.45, 2.75) is 13.5 Å². The number of pyridine rings is 4. The average Bonchev–Trinajstić information content (AvgIpc) is 2.83. The molecule has 5 rings (SSSR count). The highest BCUT2D eigenvalue weighted by atomic mass is 19.1. The Morgan fingerprint density at radius 1 is 0.848 bits per heavy atom. The fourth-order valence-corrected chi connectivity index (χ4v) is 3.44. The Morgan fingerprint density at radius 3 is 2.61 bits per heavy atom. The van der Waals surface area contributed by atoms with Crippen LogP contribution in [0.3, 0.4) is 0 Å². The van der Waals surface area contributed by atoms with Crippen molar-refractivity contribution >= 4 is 16.7 Å². The molecule has 0 radical (unpaired) electrons. The van der Waals surface area contributed by atoms with Crippen molar-refractivity contribution < 1.29 is 8.78 Å². The molecule has 0 aromatic carbocycles. The number of halogens is 2. The van der Waals surface area contributed by atoms with Gasteiger partial charge in [0.2, 0.25) is 0 Å². The molecule has 0 fully saturated rings. The molecule has 5 aromatic rings. The summed E-state index contributed by atoms with van der Waals surface area (Å²) < 4.78 is 29.8. The molecule has 0 unspecified atom stereocenters. The minimum atomic E-state index is -0.648. The highest BCUT2D eigenvalue weighted by molar-refractivity contribution is 5.81. The van der Waals surface area contributed by atoms with Gasteiger partial charge in [-0.25, -0.2) is 18.7 Å². The smallest absolute Gasteiger partial charge is 0.193 e. The third-order valence-electron chi connectivity index (χ3n) is 5.05. The number of hydrogen-bond acceptors (Lipinski definition) is 7. The number of fused-ring (bicyclic) bond motifs is 1. The Labute approximate surface area is 187 Å². The minimum Gasteiger partial charge on any atom is -0.363 e.